The average molecular weight is 741 g/mol. The number of benzene rings is 9. The summed E-state index contributed by atoms with van der Waals surface area (Å²) in [6, 6.07) is 79.3. The topological polar surface area (TPSA) is 21.3 Å². The number of aromatic nitrogens is 1. The van der Waals surface area contributed by atoms with Gasteiger partial charge in [0.2, 0.25) is 0 Å². The molecule has 58 heavy (non-hydrogen) atoms. The lowest BCUT2D eigenvalue weighted by Gasteiger charge is -2.35. The molecule has 1 aliphatic rings. The molecule has 2 heterocycles. The van der Waals surface area contributed by atoms with Gasteiger partial charge in [0.05, 0.1) is 27.8 Å². The summed E-state index contributed by atoms with van der Waals surface area (Å²) in [6.07, 6.45) is 0. The molecule has 11 aromatic rings. The lowest BCUT2D eigenvalue weighted by Crippen LogP contribution is -2.28. The Bertz CT molecular complexity index is 3310. The van der Waals surface area contributed by atoms with E-state index >= 15 is 0 Å². The van der Waals surface area contributed by atoms with Crippen LogP contribution in [0.15, 0.2) is 223 Å². The Morgan fingerprint density at radius 3 is 1.78 bits per heavy atom. The third-order valence-corrected chi connectivity index (χ3v) is 12.2. The summed E-state index contributed by atoms with van der Waals surface area (Å²) in [6.45, 7) is 0. The van der Waals surface area contributed by atoms with E-state index < -0.39 is 5.41 Å². The highest BCUT2D eigenvalue weighted by Gasteiger charge is 2.46. The summed E-state index contributed by atoms with van der Waals surface area (Å²) in [5, 5.41) is 4.59. The second kappa shape index (κ2) is 12.7. The number of rotatable bonds is 6. The number of hydrogen-bond acceptors (Lipinski definition) is 2. The van der Waals surface area contributed by atoms with Crippen molar-refractivity contribution in [2.45, 2.75) is 5.41 Å². The van der Waals surface area contributed by atoms with Crippen LogP contribution in [0.5, 0.6) is 0 Å². The largest absolute Gasteiger partial charge is 0.454 e. The Morgan fingerprint density at radius 1 is 0.414 bits per heavy atom. The standard InChI is InChI=1S/C55H36N2O/c1-3-18-37(19-4-1)55(47-30-11-7-24-41(47)42-25-8-12-31-48(42)55)38-20-15-23-40(36-38)56(39-21-5-2-6-22-39)50-33-16-28-45-43-26-9-13-32-49(43)57(53(45)50)51-34-17-29-46-44-27-10-14-35-52(44)58-54(46)51/h1-36H. The fourth-order valence-electron chi connectivity index (χ4n) is 9.93. The third kappa shape index (κ3) is 4.56. The molecule has 0 amide bonds. The third-order valence-electron chi connectivity index (χ3n) is 12.2. The van der Waals surface area contributed by atoms with Gasteiger partial charge in [0.15, 0.2) is 5.58 Å². The number of furan rings is 1. The average Bonchev–Trinajstić information content (AvgIpc) is 3.95. The quantitative estimate of drug-likeness (QED) is 0.169. The highest BCUT2D eigenvalue weighted by molar-refractivity contribution is 6.16. The number of hydrogen-bond donors (Lipinski definition) is 0. The van der Waals surface area contributed by atoms with Crippen LogP contribution in [0.4, 0.5) is 17.1 Å². The van der Waals surface area contributed by atoms with E-state index in [-0.39, 0.29) is 0 Å². The van der Waals surface area contributed by atoms with E-state index in [0.29, 0.717) is 0 Å². The first-order valence-electron chi connectivity index (χ1n) is 19.9. The zero-order chi connectivity index (χ0) is 38.2. The highest BCUT2D eigenvalue weighted by atomic mass is 16.3. The molecule has 12 rings (SSSR count). The van der Waals surface area contributed by atoms with E-state index in [1.165, 1.54) is 44.2 Å². The number of para-hydroxylation sites is 5. The minimum absolute atomic E-state index is 0.523. The van der Waals surface area contributed by atoms with Crippen LogP contribution in [0.3, 0.4) is 0 Å². The Labute approximate surface area is 336 Å². The molecule has 2 aromatic heterocycles. The molecule has 3 nitrogen and oxygen atoms in total. The van der Waals surface area contributed by atoms with Crippen molar-refractivity contribution in [1.82, 2.24) is 4.57 Å². The molecular weight excluding hydrogens is 705 g/mol. The summed E-state index contributed by atoms with van der Waals surface area (Å²) in [4.78, 5) is 2.44. The summed E-state index contributed by atoms with van der Waals surface area (Å²) < 4.78 is 9.14. The van der Waals surface area contributed by atoms with Crippen molar-refractivity contribution in [3.8, 4) is 16.8 Å². The molecule has 272 valence electrons. The van der Waals surface area contributed by atoms with Gasteiger partial charge in [0.25, 0.3) is 0 Å². The van der Waals surface area contributed by atoms with Gasteiger partial charge in [-0.1, -0.05) is 170 Å². The van der Waals surface area contributed by atoms with Crippen molar-refractivity contribution in [2.75, 3.05) is 4.90 Å². The molecule has 0 unspecified atom stereocenters. The van der Waals surface area contributed by atoms with Crippen LogP contribution in [0.1, 0.15) is 22.3 Å². The van der Waals surface area contributed by atoms with Crippen LogP contribution in [-0.2, 0) is 5.41 Å². The maximum absolute atomic E-state index is 6.72. The van der Waals surface area contributed by atoms with Crippen LogP contribution >= 0.6 is 0 Å². The van der Waals surface area contributed by atoms with Gasteiger partial charge in [-0.3, -0.25) is 0 Å². The Kier molecular flexibility index (Phi) is 7.14. The Hall–Kier alpha value is -7.62. The van der Waals surface area contributed by atoms with Gasteiger partial charge in [0, 0.05) is 32.9 Å². The zero-order valence-corrected chi connectivity index (χ0v) is 31.6. The zero-order valence-electron chi connectivity index (χ0n) is 31.6. The SMILES string of the molecule is c1ccc(N(c2cccc(C3(c4ccccc4)c4ccccc4-c4ccccc43)c2)c2cccc3c4ccccc4n(-c4cccc5c4oc4ccccc45)c23)cc1. The van der Waals surface area contributed by atoms with Crippen LogP contribution in [-0.4, -0.2) is 4.57 Å². The van der Waals surface area contributed by atoms with Gasteiger partial charge >= 0.3 is 0 Å². The predicted molar refractivity (Wildman–Crippen MR) is 240 cm³/mol. The molecule has 3 heteroatoms. The molecule has 0 bridgehead atoms. The van der Waals surface area contributed by atoms with Gasteiger partial charge in [-0.15, -0.1) is 0 Å². The molecule has 0 spiro atoms. The molecule has 0 N–H and O–H groups in total. The van der Waals surface area contributed by atoms with Crippen molar-refractivity contribution in [2.24, 2.45) is 0 Å². The van der Waals surface area contributed by atoms with E-state index in [0.717, 1.165) is 55.7 Å². The molecular formula is C55H36N2O. The first-order valence-corrected chi connectivity index (χ1v) is 19.9. The molecule has 0 aliphatic heterocycles. The smallest absolute Gasteiger partial charge is 0.159 e. The normalized spacial score (nSPS) is 13.0. The second-order valence-electron chi connectivity index (χ2n) is 15.2. The van der Waals surface area contributed by atoms with Gasteiger partial charge in [-0.25, -0.2) is 0 Å². The first kappa shape index (κ1) is 32.6. The molecule has 0 radical (unpaired) electrons. The van der Waals surface area contributed by atoms with E-state index in [2.05, 4.69) is 222 Å². The molecule has 1 aliphatic carbocycles. The lowest BCUT2D eigenvalue weighted by molar-refractivity contribution is 0.666. The highest BCUT2D eigenvalue weighted by Crippen LogP contribution is 2.57. The minimum atomic E-state index is -0.523. The van der Waals surface area contributed by atoms with Crippen LogP contribution in [0.25, 0.3) is 60.6 Å². The fraction of sp³-hybridized carbons (Fsp3) is 0.0182. The molecule has 9 aromatic carbocycles. The molecule has 0 saturated heterocycles. The maximum atomic E-state index is 6.72. The van der Waals surface area contributed by atoms with E-state index in [9.17, 15) is 0 Å². The van der Waals surface area contributed by atoms with Gasteiger partial charge in [0.1, 0.15) is 5.58 Å². The fourth-order valence-corrected chi connectivity index (χ4v) is 9.93. The van der Waals surface area contributed by atoms with Crippen molar-refractivity contribution in [1.29, 1.82) is 0 Å². The summed E-state index contributed by atoms with van der Waals surface area (Å²) in [5.41, 5.74) is 15.3. The summed E-state index contributed by atoms with van der Waals surface area (Å²) >= 11 is 0. The van der Waals surface area contributed by atoms with Crippen LogP contribution in [0.2, 0.25) is 0 Å². The summed E-state index contributed by atoms with van der Waals surface area (Å²) in [7, 11) is 0. The van der Waals surface area contributed by atoms with Crippen molar-refractivity contribution >= 4 is 60.8 Å². The monoisotopic (exact) mass is 740 g/mol. The second-order valence-corrected chi connectivity index (χ2v) is 15.2. The van der Waals surface area contributed by atoms with Gasteiger partial charge in [-0.05, 0) is 81.9 Å². The van der Waals surface area contributed by atoms with Crippen LogP contribution in [0, 0.1) is 0 Å². The molecule has 0 saturated carbocycles. The van der Waals surface area contributed by atoms with Crippen molar-refractivity contribution in [3.63, 3.8) is 0 Å². The van der Waals surface area contributed by atoms with Crippen LogP contribution < -0.4 is 4.90 Å². The first-order chi connectivity index (χ1) is 28.8. The minimum Gasteiger partial charge on any atom is -0.454 e. The summed E-state index contributed by atoms with van der Waals surface area (Å²) in [5.74, 6) is 0. The van der Waals surface area contributed by atoms with E-state index in [1.807, 2.05) is 6.07 Å². The maximum Gasteiger partial charge on any atom is 0.159 e. The van der Waals surface area contributed by atoms with Gasteiger partial charge in [-0.2, -0.15) is 0 Å². The van der Waals surface area contributed by atoms with E-state index in [1.54, 1.807) is 0 Å². The van der Waals surface area contributed by atoms with Crippen molar-refractivity contribution in [3.05, 3.63) is 241 Å². The Balaban J connectivity index is 1.16. The number of anilines is 3. The van der Waals surface area contributed by atoms with E-state index in [4.69, 9.17) is 4.42 Å². The van der Waals surface area contributed by atoms with Crippen molar-refractivity contribution < 1.29 is 4.42 Å². The number of fused-ring (bicyclic) bond motifs is 9. The number of nitrogens with zero attached hydrogens (tertiary/aromatic N) is 2. The molecule has 0 fully saturated rings. The Morgan fingerprint density at radius 2 is 0.983 bits per heavy atom. The molecule has 0 atom stereocenters. The van der Waals surface area contributed by atoms with Gasteiger partial charge < -0.3 is 13.9 Å². The predicted octanol–water partition coefficient (Wildman–Crippen LogP) is 14.5. The lowest BCUT2D eigenvalue weighted by atomic mass is 9.67.